The fraction of sp³-hybridized carbons (Fsp3) is 0.522. The van der Waals surface area contributed by atoms with Crippen LogP contribution in [0.2, 0.25) is 0 Å². The third-order valence-corrected chi connectivity index (χ3v) is 31.7. The maximum absolute atomic E-state index is 14.0. The molecule has 4 saturated heterocycles. The van der Waals surface area contributed by atoms with Gasteiger partial charge in [0.2, 0.25) is 4.77 Å². The van der Waals surface area contributed by atoms with E-state index in [1.165, 1.54) is 73.6 Å². The molecule has 43 nitrogen and oxygen atoms in total. The fourth-order valence-corrected chi connectivity index (χ4v) is 23.4. The number of benzene rings is 4. The minimum absolute atomic E-state index is 0.0166. The molecule has 0 spiro atoms. The molecule has 8 heterocycles. The van der Waals surface area contributed by atoms with Gasteiger partial charge in [-0.1, -0.05) is 125 Å². The lowest BCUT2D eigenvalue weighted by molar-refractivity contribution is -0.152. The number of anilines is 1. The molecule has 0 aliphatic carbocycles. The maximum Gasteiger partial charge on any atom is 0.380 e. The van der Waals surface area contributed by atoms with Crippen molar-refractivity contribution in [2.45, 2.75) is 224 Å². The Bertz CT molecular complexity index is 5880. The topological polar surface area (TPSA) is 586 Å². The number of halogens is 1. The highest BCUT2D eigenvalue weighted by Crippen LogP contribution is 2.56. The number of hydrogen-bond donors (Lipinski definition) is 12. The lowest BCUT2D eigenvalue weighted by Gasteiger charge is -2.29. The van der Waals surface area contributed by atoms with Crippen molar-refractivity contribution in [3.05, 3.63) is 215 Å². The van der Waals surface area contributed by atoms with E-state index in [1.54, 1.807) is 210 Å². The van der Waals surface area contributed by atoms with Crippen molar-refractivity contribution in [1.82, 2.24) is 38.2 Å². The molecule has 12 rings (SSSR count). The molecular weight excluding hydrogens is 2080 g/mol. The quantitative estimate of drug-likeness (QED) is 0.00733. The molecule has 798 valence electrons. The molecule has 53 heteroatoms. The highest BCUT2D eigenvalue weighted by molar-refractivity contribution is 7.72. The average Bonchev–Trinajstić information content (AvgIpc) is 1.62. The summed E-state index contributed by atoms with van der Waals surface area (Å²) in [4.78, 5) is 84.8. The molecule has 8 unspecified atom stereocenters. The number of nitrogen functional groups attached to an aromatic ring is 1. The number of aliphatic hydroxyl groups excluding tert-OH is 4. The Morgan fingerprint density at radius 1 is 0.400 bits per heavy atom. The second-order valence-corrected chi connectivity index (χ2v) is 46.4. The Morgan fingerprint density at radius 2 is 0.669 bits per heavy atom. The number of nitrogens with one attached hydrogen (secondary N) is 3. The zero-order valence-electron chi connectivity index (χ0n) is 81.8. The number of esters is 4. The zero-order valence-corrected chi connectivity index (χ0v) is 89.5. The number of carbonyl (C=O) groups is 4. The monoisotopic (exact) mass is 2200 g/mol. The fourth-order valence-electron chi connectivity index (χ4n) is 14.8. The largest absolute Gasteiger partial charge is 0.463 e. The number of para-hydroxylation sites is 4. The molecule has 145 heavy (non-hydrogen) atoms. The molecule has 0 amide bonds. The molecule has 13 N–H and O–H groups in total. The van der Waals surface area contributed by atoms with Gasteiger partial charge in [-0.25, -0.2) is 32.4 Å². The van der Waals surface area contributed by atoms with E-state index >= 15 is 0 Å². The number of nitrogens with two attached hydrogens (primary N) is 1. The predicted molar refractivity (Wildman–Crippen MR) is 536 cm³/mol. The lowest BCUT2D eigenvalue weighted by Crippen LogP contribution is -2.49. The van der Waals surface area contributed by atoms with Crippen LogP contribution in [0.1, 0.15) is 129 Å². The summed E-state index contributed by atoms with van der Waals surface area (Å²) in [5.41, 5.74) is -3.36. The number of alkyl halides is 1. The molecule has 4 aliphatic rings. The summed E-state index contributed by atoms with van der Waals surface area (Å²) in [6, 6.07) is 38.8. The Morgan fingerprint density at radius 3 is 0.952 bits per heavy atom. The Balaban J connectivity index is 0.000000215. The molecular formula is C92H124FN9O34P4S5. The Kier molecular flexibility index (Phi) is 42.8. The zero-order chi connectivity index (χ0) is 107. The molecule has 4 aliphatic heterocycles. The second kappa shape index (κ2) is 51.9. The smallest absolute Gasteiger partial charge is 0.380 e. The molecule has 4 fully saturated rings. The van der Waals surface area contributed by atoms with Crippen molar-refractivity contribution in [2.75, 3.05) is 63.5 Å². The van der Waals surface area contributed by atoms with Crippen LogP contribution in [0.3, 0.4) is 0 Å². The van der Waals surface area contributed by atoms with E-state index in [9.17, 15) is 92.3 Å². The van der Waals surface area contributed by atoms with Crippen LogP contribution in [0.15, 0.2) is 180 Å². The molecule has 0 bridgehead atoms. The van der Waals surface area contributed by atoms with E-state index in [4.69, 9.17) is 141 Å². The number of aromatic amines is 3. The van der Waals surface area contributed by atoms with E-state index in [0.717, 1.165) is 9.13 Å². The van der Waals surface area contributed by atoms with Crippen molar-refractivity contribution in [3.8, 4) is 23.0 Å². The summed E-state index contributed by atoms with van der Waals surface area (Å²) >= 11 is 25.6. The van der Waals surface area contributed by atoms with Gasteiger partial charge in [0.1, 0.15) is 110 Å². The normalized spacial score (nSPS) is 26.3. The number of aromatic nitrogens is 8. The number of H-pyrrole nitrogens is 3. The first-order valence-corrected chi connectivity index (χ1v) is 54.6. The Labute approximate surface area is 860 Å². The van der Waals surface area contributed by atoms with Gasteiger partial charge in [-0.2, -0.15) is 0 Å². The number of ether oxygens (including phenoxy) is 8. The van der Waals surface area contributed by atoms with E-state index < -0.39 is 212 Å². The SMILES string of the molecule is CC(C)OC(=O)[C@H](C)CP(=O)(OC[C@H]1O[C@@H](n2ccc(=O)[nH]c2=S)C(C)(O)[C@H]1O)Oc1ccccc1.CC(C)OC(=O)[C@H](C)CP(=O)(OC[C@H]1O[C@@H](n2ccc(=S)[nH]c2=O)C(C)(O)[C@H]1O)Oc1ccccc1.CC(C)OC(=O)[C@H](C)CP(=O)(OC[C@H]1O[C@@H](n2ccc(=S)[nH]c2=S)C(C)(O)[C@H]1O)Oc1ccccc1.CC(C)OC(=O)[C@H](C)CP(=O)(OC[C@H]1O[C@@H](n2ccc(N)nc2=S)C(O)(CF)[C@H]1O)Oc1ccccc1. The number of rotatable bonds is 41. The van der Waals surface area contributed by atoms with E-state index in [1.807, 2.05) is 0 Å². The van der Waals surface area contributed by atoms with Gasteiger partial charge in [-0.15, -0.1) is 0 Å². The van der Waals surface area contributed by atoms with Crippen LogP contribution >= 0.6 is 91.5 Å². The summed E-state index contributed by atoms with van der Waals surface area (Å²) in [5, 5.41) is 86.9. The molecule has 4 aromatic carbocycles. The minimum atomic E-state index is -4.06. The number of nitrogens with zero attached hydrogens (tertiary/aromatic N) is 5. The van der Waals surface area contributed by atoms with Gasteiger partial charge in [0, 0.05) is 30.9 Å². The lowest BCUT2D eigenvalue weighted by atomic mass is 9.95. The van der Waals surface area contributed by atoms with Crippen LogP contribution < -0.4 is 35.1 Å². The summed E-state index contributed by atoms with van der Waals surface area (Å²) in [7, 11) is -16.0. The summed E-state index contributed by atoms with van der Waals surface area (Å²) < 4.78 is 164. The van der Waals surface area contributed by atoms with Crippen molar-refractivity contribution >= 4 is 121 Å². The third kappa shape index (κ3) is 32.8. The molecule has 24 atom stereocenters. The van der Waals surface area contributed by atoms with Crippen LogP contribution in [-0.2, 0) is 93.4 Å². The maximum atomic E-state index is 14.0. The highest BCUT2D eigenvalue weighted by atomic mass is 32.1. The van der Waals surface area contributed by atoms with Gasteiger partial charge in [0.05, 0.1) is 99.2 Å². The summed E-state index contributed by atoms with van der Waals surface area (Å²) in [6.07, 6.45) is -13.0. The predicted octanol–water partition coefficient (Wildman–Crippen LogP) is 12.8. The van der Waals surface area contributed by atoms with E-state index in [-0.39, 0.29) is 103 Å². The van der Waals surface area contributed by atoms with Gasteiger partial charge in [0.25, 0.3) is 5.56 Å². The van der Waals surface area contributed by atoms with Gasteiger partial charge in [-0.3, -0.25) is 70.3 Å². The van der Waals surface area contributed by atoms with E-state index in [2.05, 4.69) is 19.9 Å². The van der Waals surface area contributed by atoms with E-state index in [0.29, 0.717) is 4.64 Å². The van der Waals surface area contributed by atoms with Crippen LogP contribution in [0, 0.1) is 47.3 Å². The number of carbonyl (C=O) groups excluding carboxylic acids is 4. The third-order valence-electron chi connectivity index (χ3n) is 22.2. The van der Waals surface area contributed by atoms with Crippen molar-refractivity contribution in [1.29, 1.82) is 0 Å². The van der Waals surface area contributed by atoms with Crippen molar-refractivity contribution in [3.63, 3.8) is 0 Å². The van der Waals surface area contributed by atoms with Gasteiger partial charge in [0.15, 0.2) is 40.1 Å². The standard InChI is InChI=1S/C23H31FN3O8PS.2C23H31N2O9PS.C23H31N2O8PS2/c1-14(2)33-20(29)15(3)12-36(31,35-16-7-5-4-6-8-16)32-11-17-19(28)23(30,13-24)21(34-17)27-10-9-18(25)26-22(27)37;1-14(2)32-20(27)15(3)13-35(30,34-16-8-6-5-7-9-16)31-12-17-19(26)23(4,29)21(33-17)25-11-10-18(36)24-22(25)28;1-14(2)32-20(28)15(3)13-35(30,34-16-8-6-5-7-9-16)31-12-17-19(27)23(4,29)21(33-17)25-11-10-18(26)24-22(25)36;1-14(2)31-20(27)15(3)13-34(29,33-16-8-6-5-7-9-16)30-12-17-19(26)23(4,28)21(32-17)25-11-10-18(35)24-22(25)36/h4-10,14-15,17,19,21,28,30H,11-13H2,1-3H3,(H2,25,26,37);5-11,14-15,17,19,21,26,29H,12-13H2,1-4H3,(H,24,28,36);5-11,14-15,17,19,21,27,29H,12-13H2,1-4H3,(H,24,26,36);5-11,14-15,17,19,21,26,28H,12-13H2,1-4H3,(H,24,35,36)/t15-,17-,19+,21-,23?,36?;2*15-,17-,19+,21-,23?,35?;15-,17-,19+,21-,23?,34?/m1111/s1. The average molecular weight is 2200 g/mol. The van der Waals surface area contributed by atoms with Gasteiger partial charge < -0.3 is 108 Å². The first-order chi connectivity index (χ1) is 67.8. The molecule has 4 aromatic heterocycles. The van der Waals surface area contributed by atoms with Crippen LogP contribution in [-0.4, -0.2) is 256 Å². The first-order valence-electron chi connectivity index (χ1n) is 45.7. The number of aliphatic hydroxyl groups is 8. The van der Waals surface area contributed by atoms with Crippen molar-refractivity contribution < 1.29 is 157 Å². The first kappa shape index (κ1) is 120. The van der Waals surface area contributed by atoms with Crippen LogP contribution in [0.4, 0.5) is 10.2 Å². The minimum Gasteiger partial charge on any atom is -0.463 e. The van der Waals surface area contributed by atoms with Crippen LogP contribution in [0.25, 0.3) is 0 Å². The molecule has 0 radical (unpaired) electrons. The number of hydrogen-bond acceptors (Lipinski definition) is 41. The molecule has 8 aromatic rings. The second-order valence-electron chi connectivity index (χ2n) is 36.3. The van der Waals surface area contributed by atoms with Crippen LogP contribution in [0.5, 0.6) is 23.0 Å². The molecule has 0 saturated carbocycles. The van der Waals surface area contributed by atoms with Gasteiger partial charge >= 0.3 is 60.0 Å². The van der Waals surface area contributed by atoms with Gasteiger partial charge in [-0.05, 0) is 180 Å². The Hall–Kier alpha value is -9.01. The van der Waals surface area contributed by atoms with Crippen molar-refractivity contribution in [2.24, 2.45) is 23.7 Å². The summed E-state index contributed by atoms with van der Waals surface area (Å²) in [6.45, 7) is 20.6. The highest BCUT2D eigenvalue weighted by Gasteiger charge is 2.60. The summed E-state index contributed by atoms with van der Waals surface area (Å²) in [5.74, 6) is -4.40.